The third-order valence-electron chi connectivity index (χ3n) is 3.23. The molecule has 1 aromatic rings. The Labute approximate surface area is 119 Å². The standard InChI is InChI=1S/C15H21N3O2/c1-3-14(4-2)18(8-9-19)15(20)17-13-7-5-6-12(10-13)11-16/h5-7,10,14,19H,3-4,8-9H2,1-2H3,(H,17,20). The van der Waals surface area contributed by atoms with Crippen LogP contribution in [0.15, 0.2) is 24.3 Å². The van der Waals surface area contributed by atoms with Crippen molar-refractivity contribution in [1.82, 2.24) is 4.90 Å². The van der Waals surface area contributed by atoms with Crippen LogP contribution in [-0.4, -0.2) is 35.2 Å². The number of rotatable bonds is 6. The molecule has 2 amide bonds. The minimum absolute atomic E-state index is 0.0673. The minimum Gasteiger partial charge on any atom is -0.395 e. The van der Waals surface area contributed by atoms with Crippen LogP contribution in [0.5, 0.6) is 0 Å². The van der Waals surface area contributed by atoms with Gasteiger partial charge in [-0.2, -0.15) is 5.26 Å². The van der Waals surface area contributed by atoms with Gasteiger partial charge in [-0.3, -0.25) is 0 Å². The zero-order chi connectivity index (χ0) is 15.0. The topological polar surface area (TPSA) is 76.4 Å². The molecule has 0 atom stereocenters. The smallest absolute Gasteiger partial charge is 0.322 e. The predicted molar refractivity (Wildman–Crippen MR) is 78.3 cm³/mol. The lowest BCUT2D eigenvalue weighted by Gasteiger charge is -2.30. The van der Waals surface area contributed by atoms with Crippen LogP contribution in [0.4, 0.5) is 10.5 Å². The van der Waals surface area contributed by atoms with E-state index in [9.17, 15) is 4.79 Å². The Bertz CT molecular complexity index is 478. The van der Waals surface area contributed by atoms with Crippen molar-refractivity contribution in [2.75, 3.05) is 18.5 Å². The molecule has 0 radical (unpaired) electrons. The molecule has 0 spiro atoms. The molecular weight excluding hydrogens is 254 g/mol. The molecule has 0 saturated carbocycles. The fraction of sp³-hybridized carbons (Fsp3) is 0.467. The highest BCUT2D eigenvalue weighted by molar-refractivity contribution is 5.89. The number of carbonyl (C=O) groups excluding carboxylic acids is 1. The largest absolute Gasteiger partial charge is 0.395 e. The van der Waals surface area contributed by atoms with Crippen LogP contribution >= 0.6 is 0 Å². The summed E-state index contributed by atoms with van der Waals surface area (Å²) in [7, 11) is 0. The third kappa shape index (κ3) is 4.25. The van der Waals surface area contributed by atoms with Gasteiger partial charge in [0.05, 0.1) is 18.2 Å². The number of aliphatic hydroxyl groups excluding tert-OH is 1. The molecule has 1 rings (SSSR count). The first-order valence-electron chi connectivity index (χ1n) is 6.84. The van der Waals surface area contributed by atoms with Crippen molar-refractivity contribution >= 4 is 11.7 Å². The molecule has 0 unspecified atom stereocenters. The lowest BCUT2D eigenvalue weighted by molar-refractivity contribution is 0.158. The molecule has 0 fully saturated rings. The van der Waals surface area contributed by atoms with E-state index in [0.717, 1.165) is 12.8 Å². The summed E-state index contributed by atoms with van der Waals surface area (Å²) < 4.78 is 0. The van der Waals surface area contributed by atoms with Crippen molar-refractivity contribution in [3.63, 3.8) is 0 Å². The fourth-order valence-corrected chi connectivity index (χ4v) is 2.15. The Hall–Kier alpha value is -2.06. The minimum atomic E-state index is -0.247. The zero-order valence-electron chi connectivity index (χ0n) is 12.0. The highest BCUT2D eigenvalue weighted by Crippen LogP contribution is 2.14. The van der Waals surface area contributed by atoms with E-state index in [2.05, 4.69) is 5.32 Å². The number of nitrogens with one attached hydrogen (secondary N) is 1. The number of carbonyl (C=O) groups is 1. The lowest BCUT2D eigenvalue weighted by atomic mass is 10.1. The second-order valence-electron chi connectivity index (χ2n) is 4.51. The molecule has 5 nitrogen and oxygen atoms in total. The first kappa shape index (κ1) is 16.0. The van der Waals surface area contributed by atoms with Gasteiger partial charge in [-0.05, 0) is 31.0 Å². The molecule has 0 bridgehead atoms. The van der Waals surface area contributed by atoms with Crippen LogP contribution in [0.25, 0.3) is 0 Å². The van der Waals surface area contributed by atoms with Gasteiger partial charge in [-0.15, -0.1) is 0 Å². The number of nitriles is 1. The summed E-state index contributed by atoms with van der Waals surface area (Å²) in [6, 6.07) is 8.66. The molecule has 0 saturated heterocycles. The lowest BCUT2D eigenvalue weighted by Crippen LogP contribution is -2.44. The summed E-state index contributed by atoms with van der Waals surface area (Å²) in [5, 5.41) is 20.7. The number of urea groups is 1. The van der Waals surface area contributed by atoms with Crippen molar-refractivity contribution in [3.05, 3.63) is 29.8 Å². The maximum absolute atomic E-state index is 12.3. The highest BCUT2D eigenvalue weighted by atomic mass is 16.3. The Morgan fingerprint density at radius 1 is 1.45 bits per heavy atom. The molecule has 0 aliphatic rings. The van der Waals surface area contributed by atoms with Gasteiger partial charge in [0.15, 0.2) is 0 Å². The van der Waals surface area contributed by atoms with Crippen molar-refractivity contribution in [2.45, 2.75) is 32.7 Å². The van der Waals surface area contributed by atoms with Crippen LogP contribution in [-0.2, 0) is 0 Å². The van der Waals surface area contributed by atoms with E-state index < -0.39 is 0 Å². The molecule has 0 aliphatic carbocycles. The Morgan fingerprint density at radius 3 is 2.70 bits per heavy atom. The quantitative estimate of drug-likeness (QED) is 0.837. The average molecular weight is 275 g/mol. The molecule has 2 N–H and O–H groups in total. The molecular formula is C15H21N3O2. The number of hydrogen-bond acceptors (Lipinski definition) is 3. The monoisotopic (exact) mass is 275 g/mol. The summed E-state index contributed by atoms with van der Waals surface area (Å²) in [5.74, 6) is 0. The number of aliphatic hydroxyl groups is 1. The van der Waals surface area contributed by atoms with Gasteiger partial charge in [0, 0.05) is 18.3 Å². The van der Waals surface area contributed by atoms with Crippen molar-refractivity contribution in [3.8, 4) is 6.07 Å². The Morgan fingerprint density at radius 2 is 2.15 bits per heavy atom. The fourth-order valence-electron chi connectivity index (χ4n) is 2.15. The summed E-state index contributed by atoms with van der Waals surface area (Å²) in [6.45, 7) is 4.27. The average Bonchev–Trinajstić information content (AvgIpc) is 2.47. The first-order valence-corrected chi connectivity index (χ1v) is 6.84. The van der Waals surface area contributed by atoms with E-state index in [-0.39, 0.29) is 18.7 Å². The predicted octanol–water partition coefficient (Wildman–Crippen LogP) is 2.57. The summed E-state index contributed by atoms with van der Waals surface area (Å²) in [4.78, 5) is 13.9. The highest BCUT2D eigenvalue weighted by Gasteiger charge is 2.20. The zero-order valence-corrected chi connectivity index (χ0v) is 12.0. The van der Waals surface area contributed by atoms with Crippen LogP contribution in [0.2, 0.25) is 0 Å². The van der Waals surface area contributed by atoms with Gasteiger partial charge in [0.2, 0.25) is 0 Å². The molecule has 20 heavy (non-hydrogen) atoms. The number of amides is 2. The van der Waals surface area contributed by atoms with Crippen molar-refractivity contribution in [1.29, 1.82) is 5.26 Å². The summed E-state index contributed by atoms with van der Waals surface area (Å²) in [5.41, 5.74) is 1.09. The molecule has 0 heterocycles. The molecule has 0 aromatic heterocycles. The molecule has 0 aliphatic heterocycles. The van der Waals surface area contributed by atoms with Gasteiger partial charge < -0.3 is 15.3 Å². The Balaban J connectivity index is 2.82. The van der Waals surface area contributed by atoms with Gasteiger partial charge in [-0.25, -0.2) is 4.79 Å². The van der Waals surface area contributed by atoms with E-state index in [1.807, 2.05) is 19.9 Å². The van der Waals surface area contributed by atoms with Gasteiger partial charge in [-0.1, -0.05) is 19.9 Å². The number of benzene rings is 1. The van der Waals surface area contributed by atoms with E-state index in [1.54, 1.807) is 29.2 Å². The van der Waals surface area contributed by atoms with Gasteiger partial charge >= 0.3 is 6.03 Å². The van der Waals surface area contributed by atoms with Crippen LogP contribution < -0.4 is 5.32 Å². The van der Waals surface area contributed by atoms with Crippen LogP contribution in [0.3, 0.4) is 0 Å². The second-order valence-corrected chi connectivity index (χ2v) is 4.51. The molecule has 1 aromatic carbocycles. The number of hydrogen-bond donors (Lipinski definition) is 2. The van der Waals surface area contributed by atoms with Crippen molar-refractivity contribution < 1.29 is 9.90 Å². The summed E-state index contributed by atoms with van der Waals surface area (Å²) in [6.07, 6.45) is 1.67. The molecule has 5 heteroatoms. The SMILES string of the molecule is CCC(CC)N(CCO)C(=O)Nc1cccc(C#N)c1. The maximum Gasteiger partial charge on any atom is 0.322 e. The van der Waals surface area contributed by atoms with Crippen molar-refractivity contribution in [2.24, 2.45) is 0 Å². The van der Waals surface area contributed by atoms with E-state index in [4.69, 9.17) is 10.4 Å². The van der Waals surface area contributed by atoms with E-state index in [1.165, 1.54) is 0 Å². The van der Waals surface area contributed by atoms with Crippen LogP contribution in [0, 0.1) is 11.3 Å². The Kier molecular flexibility index (Phi) is 6.54. The third-order valence-corrected chi connectivity index (χ3v) is 3.23. The number of nitrogens with zero attached hydrogens (tertiary/aromatic N) is 2. The first-order chi connectivity index (χ1) is 9.65. The van der Waals surface area contributed by atoms with Gasteiger partial charge in [0.25, 0.3) is 0 Å². The molecule has 108 valence electrons. The van der Waals surface area contributed by atoms with E-state index in [0.29, 0.717) is 17.8 Å². The van der Waals surface area contributed by atoms with Gasteiger partial charge in [0.1, 0.15) is 0 Å². The second kappa shape index (κ2) is 8.18. The van der Waals surface area contributed by atoms with Crippen LogP contribution in [0.1, 0.15) is 32.3 Å². The maximum atomic E-state index is 12.3. The normalized spacial score (nSPS) is 10.2. The number of anilines is 1. The summed E-state index contributed by atoms with van der Waals surface area (Å²) >= 11 is 0. The van der Waals surface area contributed by atoms with E-state index >= 15 is 0 Å².